The quantitative estimate of drug-likeness (QED) is 0.170. The Morgan fingerprint density at radius 1 is 1.22 bits per heavy atom. The summed E-state index contributed by atoms with van der Waals surface area (Å²) in [5.74, 6) is -0.545. The lowest BCUT2D eigenvalue weighted by molar-refractivity contribution is -0.138. The second-order valence-electron chi connectivity index (χ2n) is 5.73. The monoisotopic (exact) mass is 556 g/mol. The van der Waals surface area contributed by atoms with Crippen molar-refractivity contribution in [1.29, 1.82) is 0 Å². The number of esters is 1. The predicted octanol–water partition coefficient (Wildman–Crippen LogP) is 6.78. The fourth-order valence-corrected chi connectivity index (χ4v) is 3.86. The largest absolute Gasteiger partial charge is 0.492 e. The molecular formula is C19H17BrF3IO3. The molecule has 0 radical (unpaired) electrons. The molecule has 2 aromatic rings. The number of hydrogen-bond acceptors (Lipinski definition) is 3. The van der Waals surface area contributed by atoms with Crippen LogP contribution in [0.4, 0.5) is 13.2 Å². The van der Waals surface area contributed by atoms with Crippen LogP contribution in [0.15, 0.2) is 34.8 Å². The van der Waals surface area contributed by atoms with Crippen LogP contribution in [-0.2, 0) is 6.18 Å². The van der Waals surface area contributed by atoms with Gasteiger partial charge in [0.15, 0.2) is 0 Å². The maximum Gasteiger partial charge on any atom is 0.417 e. The normalized spacial score (nSPS) is 11.4. The molecule has 0 aliphatic rings. The Kier molecular flexibility index (Phi) is 7.55. The first-order valence-electron chi connectivity index (χ1n) is 8.17. The van der Waals surface area contributed by atoms with Crippen molar-refractivity contribution in [2.45, 2.75) is 32.9 Å². The Morgan fingerprint density at radius 2 is 1.85 bits per heavy atom. The number of benzene rings is 2. The third-order valence-corrected chi connectivity index (χ3v) is 6.34. The number of halogens is 5. The number of carbonyl (C=O) groups is 1. The van der Waals surface area contributed by atoms with Gasteiger partial charge >= 0.3 is 12.1 Å². The highest BCUT2D eigenvalue weighted by Crippen LogP contribution is 2.45. The zero-order valence-corrected chi connectivity index (χ0v) is 18.4. The van der Waals surface area contributed by atoms with Gasteiger partial charge < -0.3 is 9.47 Å². The Balaban J connectivity index is 2.60. The number of alkyl halides is 3. The summed E-state index contributed by atoms with van der Waals surface area (Å²) in [5, 5.41) is 0. The molecule has 8 heteroatoms. The molecule has 0 saturated heterocycles. The number of hydrogen-bond donors (Lipinski definition) is 0. The topological polar surface area (TPSA) is 35.5 Å². The molecule has 2 aromatic carbocycles. The van der Waals surface area contributed by atoms with E-state index < -0.39 is 17.7 Å². The summed E-state index contributed by atoms with van der Waals surface area (Å²) < 4.78 is 51.7. The Morgan fingerprint density at radius 3 is 2.41 bits per heavy atom. The molecule has 146 valence electrons. The van der Waals surface area contributed by atoms with E-state index in [1.165, 1.54) is 6.92 Å². The molecule has 0 aliphatic carbocycles. The third-order valence-electron chi connectivity index (χ3n) is 3.77. The number of rotatable bonds is 6. The van der Waals surface area contributed by atoms with Crippen LogP contribution in [0.25, 0.3) is 0 Å². The molecule has 0 atom stereocenters. The molecule has 0 saturated carbocycles. The van der Waals surface area contributed by atoms with Gasteiger partial charge in [-0.25, -0.2) is 4.79 Å². The summed E-state index contributed by atoms with van der Waals surface area (Å²) in [5.41, 5.74) is -1.35. The molecule has 0 unspecified atom stereocenters. The van der Waals surface area contributed by atoms with Crippen LogP contribution < -0.4 is 9.47 Å². The first-order valence-corrected chi connectivity index (χ1v) is 10.0. The lowest BCUT2D eigenvalue weighted by Crippen LogP contribution is -2.19. The van der Waals surface area contributed by atoms with Crippen molar-refractivity contribution < 1.29 is 27.4 Å². The van der Waals surface area contributed by atoms with Gasteiger partial charge in [-0.3, -0.25) is 0 Å². The Bertz CT molecular complexity index is 823. The zero-order chi connectivity index (χ0) is 20.2. The van der Waals surface area contributed by atoms with Gasteiger partial charge in [0.25, 0.3) is 0 Å². The number of ether oxygens (including phenoxy) is 2. The zero-order valence-electron chi connectivity index (χ0n) is 14.6. The molecule has 0 aliphatic heterocycles. The lowest BCUT2D eigenvalue weighted by atomic mass is 10.0. The van der Waals surface area contributed by atoms with Gasteiger partial charge in [0.1, 0.15) is 17.1 Å². The fourth-order valence-electron chi connectivity index (χ4n) is 2.46. The summed E-state index contributed by atoms with van der Waals surface area (Å²) >= 11 is 4.77. The van der Waals surface area contributed by atoms with Crippen LogP contribution in [0.1, 0.15) is 41.3 Å². The first-order chi connectivity index (χ1) is 12.7. The van der Waals surface area contributed by atoms with Crippen molar-refractivity contribution >= 4 is 44.5 Å². The molecule has 0 bridgehead atoms. The van der Waals surface area contributed by atoms with Crippen LogP contribution in [-0.4, -0.2) is 12.6 Å². The van der Waals surface area contributed by atoms with Crippen LogP contribution >= 0.6 is 38.5 Å². The van der Waals surface area contributed by atoms with Crippen molar-refractivity contribution in [2.24, 2.45) is 0 Å². The summed E-state index contributed by atoms with van der Waals surface area (Å²) in [7, 11) is 0. The van der Waals surface area contributed by atoms with Gasteiger partial charge in [0.05, 0.1) is 15.7 Å². The standard InChI is InChI=1S/C19H17BrF3IO3/c1-3-4-10-26-17-13(18(25)27-12-8-6-5-7-9-12)11(2)14(19(21,22)23)15(20)16(17)24/h5-9H,3-4,10H2,1-2H3. The maximum absolute atomic E-state index is 13.6. The van der Waals surface area contributed by atoms with Gasteiger partial charge in [0, 0.05) is 4.47 Å². The fraction of sp³-hybridized carbons (Fsp3) is 0.316. The van der Waals surface area contributed by atoms with Crippen LogP contribution in [0, 0.1) is 10.5 Å². The van der Waals surface area contributed by atoms with E-state index in [1.54, 1.807) is 52.9 Å². The smallest absolute Gasteiger partial charge is 0.417 e. The second-order valence-corrected chi connectivity index (χ2v) is 7.61. The van der Waals surface area contributed by atoms with Crippen LogP contribution in [0.5, 0.6) is 11.5 Å². The van der Waals surface area contributed by atoms with E-state index in [-0.39, 0.29) is 37.3 Å². The number of unbranched alkanes of at least 4 members (excludes halogenated alkanes) is 1. The molecule has 0 fully saturated rings. The second kappa shape index (κ2) is 9.27. The van der Waals surface area contributed by atoms with Gasteiger partial charge in [-0.15, -0.1) is 0 Å². The van der Waals surface area contributed by atoms with E-state index in [9.17, 15) is 18.0 Å². The number of carbonyl (C=O) groups excluding carboxylic acids is 1. The van der Waals surface area contributed by atoms with Gasteiger partial charge in [-0.05, 0) is 69.6 Å². The highest BCUT2D eigenvalue weighted by molar-refractivity contribution is 14.1. The van der Waals surface area contributed by atoms with Crippen molar-refractivity contribution in [1.82, 2.24) is 0 Å². The minimum atomic E-state index is -4.63. The summed E-state index contributed by atoms with van der Waals surface area (Å²) in [4.78, 5) is 12.7. The van der Waals surface area contributed by atoms with Crippen LogP contribution in [0.3, 0.4) is 0 Å². The molecule has 0 aromatic heterocycles. The molecule has 3 nitrogen and oxygen atoms in total. The Labute approximate surface area is 177 Å². The third kappa shape index (κ3) is 5.16. The lowest BCUT2D eigenvalue weighted by Gasteiger charge is -2.21. The summed E-state index contributed by atoms with van der Waals surface area (Å²) in [6.45, 7) is 3.50. The van der Waals surface area contributed by atoms with E-state index in [0.29, 0.717) is 6.42 Å². The van der Waals surface area contributed by atoms with E-state index in [4.69, 9.17) is 9.47 Å². The number of para-hydroxylation sites is 1. The first kappa shape index (κ1) is 22.0. The average Bonchev–Trinajstić information content (AvgIpc) is 2.59. The molecule has 0 spiro atoms. The van der Waals surface area contributed by atoms with Crippen molar-refractivity contribution in [3.05, 3.63) is 55.1 Å². The van der Waals surface area contributed by atoms with E-state index in [1.807, 2.05) is 6.92 Å². The highest BCUT2D eigenvalue weighted by atomic mass is 127. The van der Waals surface area contributed by atoms with Crippen molar-refractivity contribution in [3.63, 3.8) is 0 Å². The van der Waals surface area contributed by atoms with Crippen molar-refractivity contribution in [3.8, 4) is 11.5 Å². The molecule has 0 N–H and O–H groups in total. The molecule has 0 heterocycles. The van der Waals surface area contributed by atoms with Crippen molar-refractivity contribution in [2.75, 3.05) is 6.61 Å². The summed E-state index contributed by atoms with van der Waals surface area (Å²) in [6.07, 6.45) is -3.07. The predicted molar refractivity (Wildman–Crippen MR) is 108 cm³/mol. The molecule has 0 amide bonds. The van der Waals surface area contributed by atoms with E-state index in [2.05, 4.69) is 15.9 Å². The Hall–Kier alpha value is -1.29. The minimum Gasteiger partial charge on any atom is -0.492 e. The van der Waals surface area contributed by atoms with Gasteiger partial charge in [0.2, 0.25) is 0 Å². The minimum absolute atomic E-state index is 0.0994. The van der Waals surface area contributed by atoms with Gasteiger partial charge in [-0.1, -0.05) is 31.5 Å². The maximum atomic E-state index is 13.6. The average molecular weight is 557 g/mol. The van der Waals surface area contributed by atoms with Crippen LogP contribution in [0.2, 0.25) is 0 Å². The highest BCUT2D eigenvalue weighted by Gasteiger charge is 2.40. The molecular weight excluding hydrogens is 540 g/mol. The van der Waals surface area contributed by atoms with Gasteiger partial charge in [-0.2, -0.15) is 13.2 Å². The summed E-state index contributed by atoms with van der Waals surface area (Å²) in [6, 6.07) is 8.19. The SMILES string of the molecule is CCCCOc1c(I)c(Br)c(C(F)(F)F)c(C)c1C(=O)Oc1ccccc1. The van der Waals surface area contributed by atoms with E-state index in [0.717, 1.165) is 6.42 Å². The molecule has 27 heavy (non-hydrogen) atoms. The molecule has 2 rings (SSSR count). The van der Waals surface area contributed by atoms with E-state index >= 15 is 0 Å².